The van der Waals surface area contributed by atoms with Crippen LogP contribution in [0.4, 0.5) is 0 Å². The van der Waals surface area contributed by atoms with Gasteiger partial charge in [0.25, 0.3) is 0 Å². The van der Waals surface area contributed by atoms with Gasteiger partial charge in [-0.1, -0.05) is 30.3 Å². The third-order valence-corrected chi connectivity index (χ3v) is 3.72. The minimum absolute atomic E-state index is 0.0205. The van der Waals surface area contributed by atoms with E-state index in [1.165, 1.54) is 0 Å². The molecule has 3 amide bonds. The maximum atomic E-state index is 11.9. The van der Waals surface area contributed by atoms with Crippen LogP contribution in [-0.2, 0) is 14.4 Å². The van der Waals surface area contributed by atoms with E-state index in [4.69, 9.17) is 11.0 Å². The molecule has 134 valence electrons. The van der Waals surface area contributed by atoms with Crippen molar-refractivity contribution in [2.24, 2.45) is 5.73 Å². The van der Waals surface area contributed by atoms with Crippen molar-refractivity contribution in [3.8, 4) is 6.07 Å². The van der Waals surface area contributed by atoms with Gasteiger partial charge in [-0.05, 0) is 25.3 Å². The summed E-state index contributed by atoms with van der Waals surface area (Å²) >= 11 is 0. The van der Waals surface area contributed by atoms with Crippen molar-refractivity contribution in [2.75, 3.05) is 0 Å². The van der Waals surface area contributed by atoms with Gasteiger partial charge in [0.2, 0.25) is 17.7 Å². The average Bonchev–Trinajstić information content (AvgIpc) is 2.59. The molecule has 1 aromatic rings. The number of primary amides is 1. The number of nitrogens with two attached hydrogens (primary N) is 1. The number of benzene rings is 1. The zero-order chi connectivity index (χ0) is 18.7. The molecule has 0 unspecified atom stereocenters. The van der Waals surface area contributed by atoms with Crippen LogP contribution in [0.15, 0.2) is 30.3 Å². The minimum Gasteiger partial charge on any atom is -0.368 e. The number of nitrogens with one attached hydrogen (secondary N) is 2. The van der Waals surface area contributed by atoms with Gasteiger partial charge in [0, 0.05) is 19.3 Å². The Hall–Kier alpha value is -2.88. The Morgan fingerprint density at radius 3 is 2.28 bits per heavy atom. The first-order valence-corrected chi connectivity index (χ1v) is 8.24. The molecule has 0 aromatic heterocycles. The van der Waals surface area contributed by atoms with Crippen LogP contribution >= 0.6 is 0 Å². The highest BCUT2D eigenvalue weighted by Crippen LogP contribution is 2.11. The van der Waals surface area contributed by atoms with Gasteiger partial charge in [0.15, 0.2) is 0 Å². The summed E-state index contributed by atoms with van der Waals surface area (Å²) in [5.41, 5.74) is 6.22. The molecule has 4 N–H and O–H groups in total. The van der Waals surface area contributed by atoms with Gasteiger partial charge in [0.05, 0.1) is 12.1 Å². The highest BCUT2D eigenvalue weighted by molar-refractivity contribution is 5.88. The lowest BCUT2D eigenvalue weighted by atomic mass is 10.1. The number of carbonyl (C=O) groups is 3. The van der Waals surface area contributed by atoms with E-state index in [-0.39, 0.29) is 24.8 Å². The van der Waals surface area contributed by atoms with Crippen molar-refractivity contribution in [1.29, 1.82) is 5.26 Å². The molecular formula is C18H24N4O3. The van der Waals surface area contributed by atoms with E-state index in [0.717, 1.165) is 5.56 Å². The van der Waals surface area contributed by atoms with E-state index in [1.807, 2.05) is 43.3 Å². The molecule has 0 aliphatic heterocycles. The second-order valence-electron chi connectivity index (χ2n) is 5.77. The SMILES string of the molecule is C[C@@H](NC(=O)CCC(=O)N[C@H](CCCC#N)C(N)=O)c1ccccc1. The molecule has 1 rings (SSSR count). The zero-order valence-corrected chi connectivity index (χ0v) is 14.3. The number of nitrogens with zero attached hydrogens (tertiary/aromatic N) is 1. The van der Waals surface area contributed by atoms with Crippen LogP contribution in [0, 0.1) is 11.3 Å². The fraction of sp³-hybridized carbons (Fsp3) is 0.444. The summed E-state index contributed by atoms with van der Waals surface area (Å²) in [5, 5.41) is 13.8. The average molecular weight is 344 g/mol. The normalized spacial score (nSPS) is 12.5. The third kappa shape index (κ3) is 7.97. The van der Waals surface area contributed by atoms with E-state index in [0.29, 0.717) is 19.3 Å². The number of rotatable bonds is 10. The number of nitriles is 1. The Balaban J connectivity index is 2.37. The maximum Gasteiger partial charge on any atom is 0.240 e. The number of hydrogen-bond acceptors (Lipinski definition) is 4. The fourth-order valence-corrected chi connectivity index (χ4v) is 2.30. The molecule has 0 radical (unpaired) electrons. The van der Waals surface area contributed by atoms with Crippen molar-refractivity contribution in [2.45, 2.75) is 51.1 Å². The van der Waals surface area contributed by atoms with E-state index in [2.05, 4.69) is 10.6 Å². The van der Waals surface area contributed by atoms with Crippen LogP contribution < -0.4 is 16.4 Å². The second kappa shape index (κ2) is 10.8. The molecule has 1 aromatic carbocycles. The molecule has 7 heteroatoms. The van der Waals surface area contributed by atoms with Crippen LogP contribution in [0.2, 0.25) is 0 Å². The maximum absolute atomic E-state index is 11.9. The Labute approximate surface area is 147 Å². The van der Waals surface area contributed by atoms with Gasteiger partial charge in [-0.3, -0.25) is 14.4 Å². The molecule has 0 saturated heterocycles. The summed E-state index contributed by atoms with van der Waals surface area (Å²) in [7, 11) is 0. The van der Waals surface area contributed by atoms with E-state index >= 15 is 0 Å². The molecule has 0 saturated carbocycles. The van der Waals surface area contributed by atoms with E-state index < -0.39 is 17.9 Å². The predicted molar refractivity (Wildman–Crippen MR) is 92.8 cm³/mol. The largest absolute Gasteiger partial charge is 0.368 e. The second-order valence-corrected chi connectivity index (χ2v) is 5.77. The topological polar surface area (TPSA) is 125 Å². The molecule has 0 heterocycles. The lowest BCUT2D eigenvalue weighted by molar-refractivity contribution is -0.129. The van der Waals surface area contributed by atoms with Gasteiger partial charge in [-0.15, -0.1) is 0 Å². The zero-order valence-electron chi connectivity index (χ0n) is 14.3. The monoisotopic (exact) mass is 344 g/mol. The standard InChI is InChI=1S/C18H24N4O3/c1-13(14-7-3-2-4-8-14)21-16(23)10-11-17(24)22-15(18(20)25)9-5-6-12-19/h2-4,7-8,13,15H,5-6,9-11H2,1H3,(H2,20,25)(H,21,23)(H,22,24)/t13-,15-/m1/s1. The first-order valence-electron chi connectivity index (χ1n) is 8.24. The van der Waals surface area contributed by atoms with Crippen molar-refractivity contribution >= 4 is 17.7 Å². The summed E-state index contributed by atoms with van der Waals surface area (Å²) in [5.74, 6) is -1.30. The number of amides is 3. The van der Waals surface area contributed by atoms with Crippen molar-refractivity contribution in [3.63, 3.8) is 0 Å². The smallest absolute Gasteiger partial charge is 0.240 e. The highest BCUT2D eigenvalue weighted by Gasteiger charge is 2.18. The molecule has 0 bridgehead atoms. The predicted octanol–water partition coefficient (Wildman–Crippen LogP) is 1.31. The molecule has 0 spiro atoms. The molecule has 0 fully saturated rings. The van der Waals surface area contributed by atoms with Gasteiger partial charge in [-0.2, -0.15) is 5.26 Å². The quantitative estimate of drug-likeness (QED) is 0.553. The summed E-state index contributed by atoms with van der Waals surface area (Å²) in [6.07, 6.45) is 1.06. The van der Waals surface area contributed by atoms with Gasteiger partial charge in [-0.25, -0.2) is 0 Å². The Morgan fingerprint density at radius 1 is 1.12 bits per heavy atom. The molecule has 2 atom stereocenters. The lowest BCUT2D eigenvalue weighted by Crippen LogP contribution is -2.44. The van der Waals surface area contributed by atoms with Gasteiger partial charge < -0.3 is 16.4 Å². The first kappa shape index (κ1) is 20.2. The van der Waals surface area contributed by atoms with Crippen molar-refractivity contribution in [3.05, 3.63) is 35.9 Å². The third-order valence-electron chi connectivity index (χ3n) is 3.72. The Bertz CT molecular complexity index is 625. The van der Waals surface area contributed by atoms with Gasteiger partial charge in [0.1, 0.15) is 6.04 Å². The number of carbonyl (C=O) groups excluding carboxylic acids is 3. The Kier molecular flexibility index (Phi) is 8.72. The summed E-state index contributed by atoms with van der Waals surface area (Å²) in [6, 6.07) is 10.5. The lowest BCUT2D eigenvalue weighted by Gasteiger charge is -2.16. The highest BCUT2D eigenvalue weighted by atomic mass is 16.2. The summed E-state index contributed by atoms with van der Waals surface area (Å²) in [6.45, 7) is 1.87. The minimum atomic E-state index is -0.813. The van der Waals surface area contributed by atoms with Crippen LogP contribution in [0.5, 0.6) is 0 Å². The summed E-state index contributed by atoms with van der Waals surface area (Å²) in [4.78, 5) is 35.1. The first-order chi connectivity index (χ1) is 11.9. The van der Waals surface area contributed by atoms with Crippen molar-refractivity contribution in [1.82, 2.24) is 10.6 Å². The fourth-order valence-electron chi connectivity index (χ4n) is 2.30. The molecule has 7 nitrogen and oxygen atoms in total. The van der Waals surface area contributed by atoms with Crippen molar-refractivity contribution < 1.29 is 14.4 Å². The van der Waals surface area contributed by atoms with Crippen LogP contribution in [-0.4, -0.2) is 23.8 Å². The van der Waals surface area contributed by atoms with E-state index in [1.54, 1.807) is 0 Å². The van der Waals surface area contributed by atoms with Crippen LogP contribution in [0.25, 0.3) is 0 Å². The molecule has 0 aliphatic rings. The van der Waals surface area contributed by atoms with E-state index in [9.17, 15) is 14.4 Å². The molecule has 0 aliphatic carbocycles. The van der Waals surface area contributed by atoms with Crippen LogP contribution in [0.1, 0.15) is 50.6 Å². The molecule has 25 heavy (non-hydrogen) atoms. The summed E-state index contributed by atoms with van der Waals surface area (Å²) < 4.78 is 0. The van der Waals surface area contributed by atoms with Gasteiger partial charge >= 0.3 is 0 Å². The number of unbranched alkanes of at least 4 members (excludes halogenated alkanes) is 1. The molecular weight excluding hydrogens is 320 g/mol. The number of hydrogen-bond donors (Lipinski definition) is 3. The van der Waals surface area contributed by atoms with Crippen LogP contribution in [0.3, 0.4) is 0 Å². The Morgan fingerprint density at radius 2 is 1.72 bits per heavy atom.